The van der Waals surface area contributed by atoms with Gasteiger partial charge in [-0.2, -0.15) is 11.8 Å². The average Bonchev–Trinajstić information content (AvgIpc) is 2.31. The zero-order valence-corrected chi connectivity index (χ0v) is 7.94. The molecule has 1 rings (SSSR count). The standard InChI is InChI=1S/C9H17NS/c1-3-6-11-9-5-4-8(10)7(9)2/h3,7-9H,1,4-6,10H2,2H3. The zero-order chi connectivity index (χ0) is 8.27. The summed E-state index contributed by atoms with van der Waals surface area (Å²) in [6.07, 6.45) is 4.47. The Bertz CT molecular complexity index is 136. The summed E-state index contributed by atoms with van der Waals surface area (Å²) < 4.78 is 0. The number of hydrogen-bond acceptors (Lipinski definition) is 2. The molecule has 11 heavy (non-hydrogen) atoms. The Balaban J connectivity index is 2.29. The fraction of sp³-hybridized carbons (Fsp3) is 0.778. The van der Waals surface area contributed by atoms with E-state index in [1.54, 1.807) is 0 Å². The monoisotopic (exact) mass is 171 g/mol. The van der Waals surface area contributed by atoms with E-state index in [-0.39, 0.29) is 0 Å². The van der Waals surface area contributed by atoms with Crippen LogP contribution in [0.1, 0.15) is 19.8 Å². The summed E-state index contributed by atoms with van der Waals surface area (Å²) in [7, 11) is 0. The van der Waals surface area contributed by atoms with Crippen molar-refractivity contribution in [3.8, 4) is 0 Å². The Hall–Kier alpha value is 0.0500. The Labute approximate surface area is 73.4 Å². The Kier molecular flexibility index (Phi) is 3.46. The summed E-state index contributed by atoms with van der Waals surface area (Å²) in [6, 6.07) is 0.442. The Morgan fingerprint density at radius 3 is 2.82 bits per heavy atom. The molecular formula is C9H17NS. The van der Waals surface area contributed by atoms with Crippen LogP contribution in [0.15, 0.2) is 12.7 Å². The lowest BCUT2D eigenvalue weighted by molar-refractivity contribution is 0.535. The van der Waals surface area contributed by atoms with Crippen LogP contribution in [0, 0.1) is 5.92 Å². The van der Waals surface area contributed by atoms with E-state index in [4.69, 9.17) is 5.73 Å². The van der Waals surface area contributed by atoms with E-state index in [1.807, 2.05) is 17.8 Å². The van der Waals surface area contributed by atoms with Gasteiger partial charge in [0.2, 0.25) is 0 Å². The highest BCUT2D eigenvalue weighted by Crippen LogP contribution is 2.33. The molecule has 0 spiro atoms. The molecule has 3 atom stereocenters. The molecule has 1 saturated carbocycles. The molecule has 1 nitrogen and oxygen atoms in total. The Morgan fingerprint density at radius 1 is 1.64 bits per heavy atom. The van der Waals surface area contributed by atoms with Crippen molar-refractivity contribution >= 4 is 11.8 Å². The highest BCUT2D eigenvalue weighted by Gasteiger charge is 2.29. The van der Waals surface area contributed by atoms with Crippen LogP contribution in [0.25, 0.3) is 0 Å². The lowest BCUT2D eigenvalue weighted by atomic mass is 10.1. The van der Waals surface area contributed by atoms with Gasteiger partial charge in [-0.15, -0.1) is 6.58 Å². The van der Waals surface area contributed by atoms with Gasteiger partial charge in [0.15, 0.2) is 0 Å². The molecule has 0 radical (unpaired) electrons. The molecule has 0 bridgehead atoms. The molecule has 0 amide bonds. The lowest BCUT2D eigenvalue weighted by Gasteiger charge is -2.16. The largest absolute Gasteiger partial charge is 0.327 e. The van der Waals surface area contributed by atoms with Crippen LogP contribution in [-0.4, -0.2) is 17.0 Å². The van der Waals surface area contributed by atoms with E-state index < -0.39 is 0 Å². The van der Waals surface area contributed by atoms with Gasteiger partial charge in [0.1, 0.15) is 0 Å². The fourth-order valence-corrected chi connectivity index (χ4v) is 2.78. The first kappa shape index (κ1) is 9.14. The van der Waals surface area contributed by atoms with Gasteiger partial charge in [0.05, 0.1) is 0 Å². The smallest absolute Gasteiger partial charge is 0.0113 e. The minimum atomic E-state index is 0.442. The topological polar surface area (TPSA) is 26.0 Å². The molecule has 0 aliphatic heterocycles. The van der Waals surface area contributed by atoms with Crippen molar-refractivity contribution in [2.24, 2.45) is 11.7 Å². The van der Waals surface area contributed by atoms with Crippen LogP contribution >= 0.6 is 11.8 Å². The molecule has 0 aromatic heterocycles. The van der Waals surface area contributed by atoms with Gasteiger partial charge < -0.3 is 5.73 Å². The summed E-state index contributed by atoms with van der Waals surface area (Å²) >= 11 is 2.00. The lowest BCUT2D eigenvalue weighted by Crippen LogP contribution is -2.26. The number of hydrogen-bond donors (Lipinski definition) is 1. The van der Waals surface area contributed by atoms with E-state index >= 15 is 0 Å². The summed E-state index contributed by atoms with van der Waals surface area (Å²) in [4.78, 5) is 0. The highest BCUT2D eigenvalue weighted by atomic mass is 32.2. The molecule has 1 fully saturated rings. The maximum absolute atomic E-state index is 5.90. The zero-order valence-electron chi connectivity index (χ0n) is 7.12. The molecule has 3 unspecified atom stereocenters. The summed E-state index contributed by atoms with van der Waals surface area (Å²) in [5.74, 6) is 1.77. The summed E-state index contributed by atoms with van der Waals surface area (Å²) in [6.45, 7) is 5.98. The molecule has 0 aromatic carbocycles. The third-order valence-corrected chi connectivity index (χ3v) is 4.00. The predicted molar refractivity (Wildman–Crippen MR) is 52.8 cm³/mol. The van der Waals surface area contributed by atoms with Crippen LogP contribution in [0.2, 0.25) is 0 Å². The van der Waals surface area contributed by atoms with Crippen LogP contribution in [0.3, 0.4) is 0 Å². The average molecular weight is 171 g/mol. The van der Waals surface area contributed by atoms with E-state index in [1.165, 1.54) is 12.8 Å². The molecule has 1 aliphatic rings. The first-order chi connectivity index (χ1) is 5.25. The first-order valence-electron chi connectivity index (χ1n) is 4.23. The minimum Gasteiger partial charge on any atom is -0.327 e. The molecule has 2 N–H and O–H groups in total. The second-order valence-corrected chi connectivity index (χ2v) is 4.53. The Morgan fingerprint density at radius 2 is 2.36 bits per heavy atom. The van der Waals surface area contributed by atoms with Crippen molar-refractivity contribution in [1.82, 2.24) is 0 Å². The van der Waals surface area contributed by atoms with Gasteiger partial charge in [0.25, 0.3) is 0 Å². The third-order valence-electron chi connectivity index (χ3n) is 2.47. The van der Waals surface area contributed by atoms with Gasteiger partial charge in [-0.05, 0) is 18.8 Å². The van der Waals surface area contributed by atoms with Crippen LogP contribution < -0.4 is 5.73 Å². The van der Waals surface area contributed by atoms with Gasteiger partial charge in [-0.25, -0.2) is 0 Å². The maximum Gasteiger partial charge on any atom is 0.0113 e. The highest BCUT2D eigenvalue weighted by molar-refractivity contribution is 8.00. The number of rotatable bonds is 3. The molecule has 0 heterocycles. The van der Waals surface area contributed by atoms with Gasteiger partial charge >= 0.3 is 0 Å². The van der Waals surface area contributed by atoms with Crippen molar-refractivity contribution < 1.29 is 0 Å². The summed E-state index contributed by atoms with van der Waals surface area (Å²) in [5.41, 5.74) is 5.90. The van der Waals surface area contributed by atoms with Crippen molar-refractivity contribution in [2.45, 2.75) is 31.1 Å². The molecular weight excluding hydrogens is 154 g/mol. The number of thioether (sulfide) groups is 1. The maximum atomic E-state index is 5.90. The summed E-state index contributed by atoms with van der Waals surface area (Å²) in [5, 5.41) is 0.781. The van der Waals surface area contributed by atoms with E-state index in [0.29, 0.717) is 12.0 Å². The molecule has 0 saturated heterocycles. The van der Waals surface area contributed by atoms with Crippen LogP contribution in [0.5, 0.6) is 0 Å². The SMILES string of the molecule is C=CCSC1CCC(N)C1C. The second-order valence-electron chi connectivity index (χ2n) is 3.26. The quantitative estimate of drug-likeness (QED) is 0.658. The fourth-order valence-electron chi connectivity index (χ4n) is 1.58. The van der Waals surface area contributed by atoms with Crippen LogP contribution in [-0.2, 0) is 0 Å². The van der Waals surface area contributed by atoms with Crippen molar-refractivity contribution in [1.29, 1.82) is 0 Å². The molecule has 2 heteroatoms. The third kappa shape index (κ3) is 2.24. The minimum absolute atomic E-state index is 0.442. The van der Waals surface area contributed by atoms with Gasteiger partial charge in [0, 0.05) is 17.0 Å². The van der Waals surface area contributed by atoms with E-state index in [0.717, 1.165) is 11.0 Å². The van der Waals surface area contributed by atoms with Crippen LogP contribution in [0.4, 0.5) is 0 Å². The molecule has 64 valence electrons. The normalized spacial score (nSPS) is 37.5. The second kappa shape index (κ2) is 4.17. The predicted octanol–water partition coefficient (Wildman–Crippen LogP) is 2.03. The van der Waals surface area contributed by atoms with E-state index in [9.17, 15) is 0 Å². The molecule has 1 aliphatic carbocycles. The van der Waals surface area contributed by atoms with Gasteiger partial charge in [-0.3, -0.25) is 0 Å². The van der Waals surface area contributed by atoms with Gasteiger partial charge in [-0.1, -0.05) is 13.0 Å². The van der Waals surface area contributed by atoms with E-state index in [2.05, 4.69) is 13.5 Å². The van der Waals surface area contributed by atoms with Crippen molar-refractivity contribution in [2.75, 3.05) is 5.75 Å². The van der Waals surface area contributed by atoms with Crippen molar-refractivity contribution in [3.63, 3.8) is 0 Å². The molecule has 0 aromatic rings. The first-order valence-corrected chi connectivity index (χ1v) is 5.28. The van der Waals surface area contributed by atoms with Crippen molar-refractivity contribution in [3.05, 3.63) is 12.7 Å². The number of nitrogens with two attached hydrogens (primary N) is 1.